The lowest BCUT2D eigenvalue weighted by molar-refractivity contribution is 0.436. The molecule has 0 fully saturated rings. The first-order chi connectivity index (χ1) is 37.2. The molecule has 10 aromatic carbocycles. The molecule has 0 radical (unpaired) electrons. The van der Waals surface area contributed by atoms with E-state index in [1.165, 1.54) is 66.8 Å². The summed E-state index contributed by atoms with van der Waals surface area (Å²) in [7, 11) is 0. The summed E-state index contributed by atoms with van der Waals surface area (Å²) in [6.07, 6.45) is 9.32. The molecule has 0 saturated heterocycles. The average Bonchev–Trinajstić information content (AvgIpc) is 3.94. The predicted molar refractivity (Wildman–Crippen MR) is 313 cm³/mol. The van der Waals surface area contributed by atoms with Gasteiger partial charge in [0.05, 0.1) is 16.8 Å². The Labute approximate surface area is 446 Å². The van der Waals surface area contributed by atoms with Gasteiger partial charge in [0.15, 0.2) is 11.5 Å². The molecule has 10 aromatic rings. The maximum atomic E-state index is 8.06. The van der Waals surface area contributed by atoms with Gasteiger partial charge in [-0.15, -0.1) is 0 Å². The number of benzene rings is 10. The second-order valence-corrected chi connectivity index (χ2v) is 22.3. The minimum absolute atomic E-state index is 0.127. The highest BCUT2D eigenvalue weighted by Gasteiger charge is 2.52. The molecule has 1 heterocycles. The molecule has 3 nitrogen and oxygen atoms in total. The Morgan fingerprint density at radius 1 is 0.316 bits per heavy atom. The van der Waals surface area contributed by atoms with Gasteiger partial charge in [0.1, 0.15) is 0 Å². The normalized spacial score (nSPS) is 17.5. The van der Waals surface area contributed by atoms with E-state index in [0.717, 1.165) is 56.8 Å². The van der Waals surface area contributed by atoms with Crippen molar-refractivity contribution in [1.29, 1.82) is 0 Å². The molecular formula is C73H56N2O. The van der Waals surface area contributed by atoms with E-state index in [9.17, 15) is 0 Å². The van der Waals surface area contributed by atoms with Crippen LogP contribution in [0.4, 0.5) is 34.1 Å². The highest BCUT2D eigenvalue weighted by Crippen LogP contribution is 2.65. The van der Waals surface area contributed by atoms with Gasteiger partial charge in [-0.05, 0) is 127 Å². The molecule has 0 amide bonds. The number of para-hydroxylation sites is 4. The topological polar surface area (TPSA) is 15.7 Å². The summed E-state index contributed by atoms with van der Waals surface area (Å²) in [5, 5.41) is 0. The van der Waals surface area contributed by atoms with E-state index in [0.29, 0.717) is 0 Å². The molecule has 4 aliphatic carbocycles. The molecular weight excluding hydrogens is 921 g/mol. The first-order valence-electron chi connectivity index (χ1n) is 26.9. The van der Waals surface area contributed by atoms with Gasteiger partial charge in [-0.1, -0.05) is 222 Å². The second-order valence-electron chi connectivity index (χ2n) is 22.3. The van der Waals surface area contributed by atoms with Crippen LogP contribution in [0.5, 0.6) is 11.5 Å². The number of ether oxygens (including phenoxy) is 1. The van der Waals surface area contributed by atoms with Crippen LogP contribution in [0.2, 0.25) is 0 Å². The van der Waals surface area contributed by atoms with E-state index in [1.807, 2.05) is 0 Å². The fraction of sp³-hybridized carbons (Fsp3) is 0.123. The lowest BCUT2D eigenvalue weighted by atomic mass is 9.62. The zero-order valence-electron chi connectivity index (χ0n) is 43.2. The molecule has 2 atom stereocenters. The Hall–Kier alpha value is -8.92. The number of rotatable bonds is 6. The minimum atomic E-state index is -0.824. The van der Waals surface area contributed by atoms with E-state index >= 15 is 0 Å². The minimum Gasteiger partial charge on any atom is -0.452 e. The lowest BCUT2D eigenvalue weighted by Crippen LogP contribution is -2.36. The monoisotopic (exact) mass is 976 g/mol. The Bertz CT molecular complexity index is 3800. The van der Waals surface area contributed by atoms with Crippen LogP contribution in [0.1, 0.15) is 95.2 Å². The van der Waals surface area contributed by atoms with Crippen molar-refractivity contribution in [3.05, 3.63) is 310 Å². The van der Waals surface area contributed by atoms with Crippen molar-refractivity contribution in [1.82, 2.24) is 0 Å². The Balaban J connectivity index is 1.04. The highest BCUT2D eigenvalue weighted by molar-refractivity contribution is 5.92. The summed E-state index contributed by atoms with van der Waals surface area (Å²) in [5.41, 5.74) is 22.9. The van der Waals surface area contributed by atoms with Crippen LogP contribution in [0, 0.1) is 0 Å². The van der Waals surface area contributed by atoms with Crippen molar-refractivity contribution < 1.29 is 4.74 Å². The third-order valence-electron chi connectivity index (χ3n) is 17.7. The fourth-order valence-electron chi connectivity index (χ4n) is 14.3. The Kier molecular flexibility index (Phi) is 9.70. The average molecular weight is 977 g/mol. The summed E-state index contributed by atoms with van der Waals surface area (Å²) < 4.78 is 8.06. The fourth-order valence-corrected chi connectivity index (χ4v) is 14.3. The van der Waals surface area contributed by atoms with Gasteiger partial charge >= 0.3 is 0 Å². The zero-order valence-corrected chi connectivity index (χ0v) is 43.2. The van der Waals surface area contributed by atoms with Crippen molar-refractivity contribution >= 4 is 34.1 Å². The van der Waals surface area contributed by atoms with Crippen molar-refractivity contribution in [3.63, 3.8) is 0 Å². The highest BCUT2D eigenvalue weighted by atomic mass is 16.5. The lowest BCUT2D eigenvalue weighted by Gasteiger charge is -2.45. The standard InChI is InChI=1S/C73H56N2O/c1-71(2)59-33-17-13-31-55(59)57-43-41-49(45-65(57)71)74(47-23-7-5-8-24-47)67-39-21-37-63-69(67)76-70-64(73(63)61-35-19-15-29-53(61)51-27-11-12-28-52(51)54-30-16-20-36-62(54)73)38-22-40-68(70)75(48-25-9-6-10-26-48)50-42-44-58-56-32-14-18-34-60(56)72(3,4)66(58)46-50/h5-46,51-52H,1-4H3. The van der Waals surface area contributed by atoms with Crippen molar-refractivity contribution in [2.24, 2.45) is 0 Å². The van der Waals surface area contributed by atoms with E-state index in [2.05, 4.69) is 292 Å². The molecule has 5 aliphatic rings. The van der Waals surface area contributed by atoms with Gasteiger partial charge in [0.2, 0.25) is 0 Å². The SMILES string of the molecule is CC1(C)c2ccccc2-c2ccc(N(c3ccccc3)c3cccc4c3Oc3c(N(c5ccccc5)c5ccc6c(c5)C(C)(C)c5ccccc5-6)cccc3C43c4ccccc4C4C=CC=CC4c4ccccc43)cc21. The number of hydrogen-bond acceptors (Lipinski definition) is 3. The van der Waals surface area contributed by atoms with Crippen molar-refractivity contribution in [2.45, 2.75) is 55.8 Å². The van der Waals surface area contributed by atoms with Crippen molar-refractivity contribution in [2.75, 3.05) is 9.80 Å². The van der Waals surface area contributed by atoms with E-state index in [4.69, 9.17) is 4.74 Å². The van der Waals surface area contributed by atoms with Gasteiger partial charge in [-0.25, -0.2) is 0 Å². The smallest absolute Gasteiger partial charge is 0.156 e. The molecule has 15 rings (SSSR count). The van der Waals surface area contributed by atoms with Gasteiger partial charge in [-0.2, -0.15) is 0 Å². The maximum Gasteiger partial charge on any atom is 0.156 e. The van der Waals surface area contributed by atoms with Crippen LogP contribution < -0.4 is 14.5 Å². The predicted octanol–water partition coefficient (Wildman–Crippen LogP) is 19.0. The Morgan fingerprint density at radius 2 is 0.684 bits per heavy atom. The molecule has 0 N–H and O–H groups in total. The number of hydrogen-bond donors (Lipinski definition) is 0. The molecule has 1 aliphatic heterocycles. The Morgan fingerprint density at radius 3 is 1.13 bits per heavy atom. The molecule has 364 valence electrons. The van der Waals surface area contributed by atoms with Gasteiger partial charge in [0.25, 0.3) is 0 Å². The van der Waals surface area contributed by atoms with Gasteiger partial charge in [-0.3, -0.25) is 0 Å². The summed E-state index contributed by atoms with van der Waals surface area (Å²) in [4.78, 5) is 4.88. The third kappa shape index (κ3) is 6.17. The number of allylic oxidation sites excluding steroid dienone is 4. The molecule has 1 spiro atoms. The van der Waals surface area contributed by atoms with Crippen LogP contribution in [-0.4, -0.2) is 0 Å². The van der Waals surface area contributed by atoms with Gasteiger partial charge < -0.3 is 14.5 Å². The molecule has 76 heavy (non-hydrogen) atoms. The molecule has 2 unspecified atom stereocenters. The van der Waals surface area contributed by atoms with E-state index < -0.39 is 5.41 Å². The number of nitrogens with zero attached hydrogens (tertiary/aromatic N) is 2. The third-order valence-corrected chi connectivity index (χ3v) is 17.7. The molecule has 0 saturated carbocycles. The summed E-state index contributed by atoms with van der Waals surface area (Å²) in [6.45, 7) is 9.47. The second kappa shape index (κ2) is 16.5. The van der Waals surface area contributed by atoms with Crippen LogP contribution in [0.3, 0.4) is 0 Å². The van der Waals surface area contributed by atoms with Crippen LogP contribution in [0.25, 0.3) is 22.3 Å². The number of anilines is 6. The van der Waals surface area contributed by atoms with E-state index in [-0.39, 0.29) is 22.7 Å². The first-order valence-corrected chi connectivity index (χ1v) is 26.9. The van der Waals surface area contributed by atoms with Crippen LogP contribution >= 0.6 is 0 Å². The first kappa shape index (κ1) is 44.6. The maximum absolute atomic E-state index is 8.06. The molecule has 0 bridgehead atoms. The molecule has 0 aromatic heterocycles. The summed E-state index contributed by atoms with van der Waals surface area (Å²) >= 11 is 0. The quantitative estimate of drug-likeness (QED) is 0.165. The summed E-state index contributed by atoms with van der Waals surface area (Å²) in [6, 6.07) is 86.0. The largest absolute Gasteiger partial charge is 0.452 e. The van der Waals surface area contributed by atoms with Crippen LogP contribution in [0.15, 0.2) is 255 Å². The molecule has 3 heteroatoms. The van der Waals surface area contributed by atoms with Gasteiger partial charge in [0, 0.05) is 56.5 Å². The van der Waals surface area contributed by atoms with Crippen LogP contribution in [-0.2, 0) is 16.2 Å². The van der Waals surface area contributed by atoms with Crippen molar-refractivity contribution in [3.8, 4) is 33.8 Å². The summed E-state index contributed by atoms with van der Waals surface area (Å²) in [5.74, 6) is 1.91. The van der Waals surface area contributed by atoms with E-state index in [1.54, 1.807) is 0 Å². The zero-order chi connectivity index (χ0) is 50.9. The number of fused-ring (bicyclic) bond motifs is 17.